The lowest BCUT2D eigenvalue weighted by molar-refractivity contribution is -0.166. The third-order valence-electron chi connectivity index (χ3n) is 7.61. The van der Waals surface area contributed by atoms with Crippen molar-refractivity contribution in [3.63, 3.8) is 0 Å². The molecule has 1 aromatic carbocycles. The fourth-order valence-electron chi connectivity index (χ4n) is 5.66. The van der Waals surface area contributed by atoms with E-state index in [0.717, 1.165) is 33.4 Å². The first-order chi connectivity index (χ1) is 17.2. The van der Waals surface area contributed by atoms with Gasteiger partial charge in [0.2, 0.25) is 0 Å². The van der Waals surface area contributed by atoms with Gasteiger partial charge in [-0.25, -0.2) is 14.2 Å². The molecule has 0 unspecified atom stereocenters. The molecule has 5 rings (SSSR count). The quantitative estimate of drug-likeness (QED) is 0.377. The van der Waals surface area contributed by atoms with E-state index in [-0.39, 0.29) is 18.2 Å². The Kier molecular flexibility index (Phi) is 5.80. The Balaban J connectivity index is 1.80. The number of aromatic amines is 1. The standard InChI is InChI=1S/C27H28FN5O3/c1-26(2,12-13-29)23-21(16-8-10-27(36-3,11-9-16)25(34)35)22-20(14-17-15-30-32-24(17)31-22)33(23)19-6-4-18(28)5-7-19/h4-7,14-16H,8-12H2,1-3H3,(H,34,35)(H,30,31,32)/t16-,27+. The summed E-state index contributed by atoms with van der Waals surface area (Å²) in [5, 5.41) is 27.5. The number of nitrogens with one attached hydrogen (secondary N) is 1. The van der Waals surface area contributed by atoms with Crippen molar-refractivity contribution in [1.29, 1.82) is 5.26 Å². The molecule has 0 spiro atoms. The lowest BCUT2D eigenvalue weighted by Crippen LogP contribution is -2.43. The number of nitrogens with zero attached hydrogens (tertiary/aromatic N) is 4. The molecule has 0 aliphatic heterocycles. The van der Waals surface area contributed by atoms with Crippen LogP contribution in [-0.4, -0.2) is 43.5 Å². The number of carboxylic acids is 1. The fraction of sp³-hybridized carbons (Fsp3) is 0.407. The Labute approximate surface area is 207 Å². The number of carboxylic acid groups (broad SMARTS) is 1. The first-order valence-electron chi connectivity index (χ1n) is 12.0. The van der Waals surface area contributed by atoms with Gasteiger partial charge in [-0.05, 0) is 61.9 Å². The number of aliphatic carboxylic acids is 1. The lowest BCUT2D eigenvalue weighted by Gasteiger charge is -2.37. The molecule has 9 heteroatoms. The van der Waals surface area contributed by atoms with Crippen LogP contribution in [-0.2, 0) is 14.9 Å². The molecule has 0 amide bonds. The van der Waals surface area contributed by atoms with Crippen molar-refractivity contribution in [3.8, 4) is 11.8 Å². The highest BCUT2D eigenvalue weighted by Crippen LogP contribution is 2.48. The normalized spacial score (nSPS) is 20.6. The summed E-state index contributed by atoms with van der Waals surface area (Å²) in [7, 11) is 1.45. The molecule has 2 N–H and O–H groups in total. The Morgan fingerprint density at radius 1 is 1.33 bits per heavy atom. The first kappa shape index (κ1) is 23.9. The van der Waals surface area contributed by atoms with Crippen LogP contribution in [0.3, 0.4) is 0 Å². The van der Waals surface area contributed by atoms with Crippen molar-refractivity contribution in [2.75, 3.05) is 7.11 Å². The van der Waals surface area contributed by atoms with Gasteiger partial charge in [-0.2, -0.15) is 10.4 Å². The van der Waals surface area contributed by atoms with Crippen molar-refractivity contribution in [2.24, 2.45) is 0 Å². The zero-order valence-electron chi connectivity index (χ0n) is 20.5. The van der Waals surface area contributed by atoms with Crippen LogP contribution in [0.15, 0.2) is 36.5 Å². The summed E-state index contributed by atoms with van der Waals surface area (Å²) in [6, 6.07) is 10.6. The van der Waals surface area contributed by atoms with Crippen LogP contribution in [0.5, 0.6) is 0 Å². The SMILES string of the molecule is CO[C@]1(C(=O)O)CC[C@H](c2c(C(C)(C)CC#N)n(-c3ccc(F)cc3)c3cc4cn[nH]c4nc32)CC1. The molecule has 186 valence electrons. The van der Waals surface area contributed by atoms with Crippen molar-refractivity contribution in [2.45, 2.75) is 62.9 Å². The van der Waals surface area contributed by atoms with Gasteiger partial charge in [-0.3, -0.25) is 5.10 Å². The number of benzene rings is 1. The number of H-pyrrole nitrogens is 1. The first-order valence-corrected chi connectivity index (χ1v) is 12.0. The van der Waals surface area contributed by atoms with Crippen LogP contribution in [0.25, 0.3) is 27.8 Å². The number of methoxy groups -OCH3 is 1. The van der Waals surface area contributed by atoms with E-state index in [1.165, 1.54) is 19.2 Å². The number of rotatable bonds is 6. The molecule has 1 saturated carbocycles. The number of hydrogen-bond acceptors (Lipinski definition) is 5. The minimum atomic E-state index is -1.20. The van der Waals surface area contributed by atoms with Crippen LogP contribution < -0.4 is 0 Å². The van der Waals surface area contributed by atoms with Crippen molar-refractivity contribution in [3.05, 3.63) is 53.6 Å². The van der Waals surface area contributed by atoms with E-state index in [9.17, 15) is 19.6 Å². The maximum atomic E-state index is 13.9. The zero-order valence-corrected chi connectivity index (χ0v) is 20.5. The molecule has 0 saturated heterocycles. The number of ether oxygens (including phenoxy) is 1. The molecule has 8 nitrogen and oxygen atoms in total. The molecular weight excluding hydrogens is 461 g/mol. The number of pyridine rings is 1. The molecule has 1 aliphatic rings. The molecule has 3 heterocycles. The largest absolute Gasteiger partial charge is 0.479 e. The smallest absolute Gasteiger partial charge is 0.335 e. The van der Waals surface area contributed by atoms with Crippen LogP contribution in [0.4, 0.5) is 4.39 Å². The topological polar surface area (TPSA) is 117 Å². The van der Waals surface area contributed by atoms with E-state index in [0.29, 0.717) is 31.3 Å². The second-order valence-electron chi connectivity index (χ2n) is 10.2. The molecule has 0 bridgehead atoms. The summed E-state index contributed by atoms with van der Waals surface area (Å²) < 4.78 is 21.4. The predicted molar refractivity (Wildman–Crippen MR) is 133 cm³/mol. The summed E-state index contributed by atoms with van der Waals surface area (Å²) in [5.74, 6) is -1.27. The lowest BCUT2D eigenvalue weighted by atomic mass is 9.73. The molecular formula is C27H28FN5O3. The Morgan fingerprint density at radius 2 is 2.03 bits per heavy atom. The number of aromatic nitrogens is 4. The summed E-state index contributed by atoms with van der Waals surface area (Å²) in [5.41, 5.74) is 3.22. The van der Waals surface area contributed by atoms with E-state index < -0.39 is 17.0 Å². The Bertz CT molecular complexity index is 1490. The highest BCUT2D eigenvalue weighted by atomic mass is 19.1. The van der Waals surface area contributed by atoms with Crippen LogP contribution in [0, 0.1) is 17.1 Å². The summed E-state index contributed by atoms with van der Waals surface area (Å²) in [4.78, 5) is 16.9. The van der Waals surface area contributed by atoms with Crippen LogP contribution in [0.2, 0.25) is 0 Å². The van der Waals surface area contributed by atoms with Gasteiger partial charge in [0.25, 0.3) is 0 Å². The van der Waals surface area contributed by atoms with Crippen molar-refractivity contribution in [1.82, 2.24) is 19.7 Å². The summed E-state index contributed by atoms with van der Waals surface area (Å²) in [6.07, 6.45) is 3.92. The average Bonchev–Trinajstić information content (AvgIpc) is 3.45. The Hall–Kier alpha value is -3.77. The van der Waals surface area contributed by atoms with E-state index in [1.54, 1.807) is 18.3 Å². The van der Waals surface area contributed by atoms with Gasteiger partial charge in [0, 0.05) is 41.3 Å². The molecule has 3 aromatic heterocycles. The third kappa shape index (κ3) is 3.73. The molecule has 1 aliphatic carbocycles. The van der Waals surface area contributed by atoms with Gasteiger partial charge < -0.3 is 14.4 Å². The highest BCUT2D eigenvalue weighted by molar-refractivity contribution is 5.94. The van der Waals surface area contributed by atoms with Gasteiger partial charge in [0.15, 0.2) is 11.2 Å². The Morgan fingerprint density at radius 3 is 2.64 bits per heavy atom. The minimum absolute atomic E-state index is 0.0117. The number of carbonyl (C=O) groups is 1. The zero-order chi connectivity index (χ0) is 25.7. The fourth-order valence-corrected chi connectivity index (χ4v) is 5.66. The highest BCUT2D eigenvalue weighted by Gasteiger charge is 2.45. The maximum absolute atomic E-state index is 13.9. The molecule has 0 atom stereocenters. The van der Waals surface area contributed by atoms with E-state index in [1.807, 2.05) is 19.9 Å². The van der Waals surface area contributed by atoms with Gasteiger partial charge in [0.1, 0.15) is 5.82 Å². The van der Waals surface area contributed by atoms with E-state index in [4.69, 9.17) is 9.72 Å². The third-order valence-corrected chi connectivity index (χ3v) is 7.61. The maximum Gasteiger partial charge on any atom is 0.335 e. The minimum Gasteiger partial charge on any atom is -0.479 e. The summed E-state index contributed by atoms with van der Waals surface area (Å²) >= 11 is 0. The molecule has 36 heavy (non-hydrogen) atoms. The van der Waals surface area contributed by atoms with Crippen LogP contribution >= 0.6 is 0 Å². The molecule has 4 aromatic rings. The van der Waals surface area contributed by atoms with Gasteiger partial charge in [-0.15, -0.1) is 0 Å². The number of nitriles is 1. The number of hydrogen-bond donors (Lipinski definition) is 2. The summed E-state index contributed by atoms with van der Waals surface area (Å²) in [6.45, 7) is 4.06. The van der Waals surface area contributed by atoms with E-state index >= 15 is 0 Å². The van der Waals surface area contributed by atoms with Gasteiger partial charge in [0.05, 0.1) is 23.3 Å². The van der Waals surface area contributed by atoms with Crippen LogP contribution in [0.1, 0.15) is 63.1 Å². The number of halogens is 1. The monoisotopic (exact) mass is 489 g/mol. The van der Waals surface area contributed by atoms with Crippen molar-refractivity contribution >= 4 is 28.0 Å². The second kappa shape index (κ2) is 8.71. The molecule has 0 radical (unpaired) electrons. The van der Waals surface area contributed by atoms with Gasteiger partial charge >= 0.3 is 5.97 Å². The van der Waals surface area contributed by atoms with E-state index in [2.05, 4.69) is 20.8 Å². The number of fused-ring (bicyclic) bond motifs is 2. The predicted octanol–water partition coefficient (Wildman–Crippen LogP) is 5.36. The average molecular weight is 490 g/mol. The second-order valence-corrected chi connectivity index (χ2v) is 10.2. The molecule has 1 fully saturated rings. The van der Waals surface area contributed by atoms with Gasteiger partial charge in [-0.1, -0.05) is 13.8 Å². The van der Waals surface area contributed by atoms with Crippen molar-refractivity contribution < 1.29 is 19.0 Å².